The highest BCUT2D eigenvalue weighted by molar-refractivity contribution is 5.77. The molecule has 0 unspecified atom stereocenters. The lowest BCUT2D eigenvalue weighted by atomic mass is 9.46. The molecule has 2 aliphatic carbocycles. The van der Waals surface area contributed by atoms with Crippen LogP contribution in [0.1, 0.15) is 47.0 Å². The SMILES string of the molecule is C=C1C[C@@H](OC(C)=O)[C@@H]2C(C)(C)[C@@H](O)CC[C@@]2(C)[C@@H]1COc1ccc2ccc(=O)oc2c1. The van der Waals surface area contributed by atoms with Crippen LogP contribution in [0.3, 0.4) is 0 Å². The summed E-state index contributed by atoms with van der Waals surface area (Å²) in [5, 5.41) is 11.6. The molecule has 172 valence electrons. The predicted molar refractivity (Wildman–Crippen MR) is 121 cm³/mol. The Bertz CT molecular complexity index is 1100. The Morgan fingerprint density at radius 2 is 1.97 bits per heavy atom. The van der Waals surface area contributed by atoms with E-state index >= 15 is 0 Å². The predicted octanol–water partition coefficient (Wildman–Crippen LogP) is 4.48. The first-order valence-corrected chi connectivity index (χ1v) is 11.2. The van der Waals surface area contributed by atoms with Crippen molar-refractivity contribution < 1.29 is 23.8 Å². The van der Waals surface area contributed by atoms with Crippen LogP contribution in [0.5, 0.6) is 5.75 Å². The topological polar surface area (TPSA) is 86.0 Å². The Balaban J connectivity index is 1.63. The molecule has 0 amide bonds. The highest BCUT2D eigenvalue weighted by atomic mass is 16.5. The molecule has 6 nitrogen and oxygen atoms in total. The van der Waals surface area contributed by atoms with Crippen LogP contribution in [0.2, 0.25) is 0 Å². The van der Waals surface area contributed by atoms with Gasteiger partial charge in [-0.25, -0.2) is 4.79 Å². The molecule has 5 atom stereocenters. The summed E-state index contributed by atoms with van der Waals surface area (Å²) >= 11 is 0. The lowest BCUT2D eigenvalue weighted by Gasteiger charge is -2.61. The van der Waals surface area contributed by atoms with Gasteiger partial charge in [0.1, 0.15) is 17.4 Å². The quantitative estimate of drug-likeness (QED) is 0.429. The lowest BCUT2D eigenvalue weighted by Crippen LogP contribution is -2.61. The van der Waals surface area contributed by atoms with Crippen molar-refractivity contribution in [1.29, 1.82) is 0 Å². The van der Waals surface area contributed by atoms with Gasteiger partial charge in [-0.2, -0.15) is 0 Å². The Hall–Kier alpha value is -2.60. The van der Waals surface area contributed by atoms with E-state index in [0.29, 0.717) is 30.8 Å². The number of esters is 1. The van der Waals surface area contributed by atoms with Crippen molar-refractivity contribution >= 4 is 16.9 Å². The second kappa shape index (κ2) is 8.07. The van der Waals surface area contributed by atoms with Crippen LogP contribution in [-0.4, -0.2) is 29.9 Å². The van der Waals surface area contributed by atoms with Gasteiger partial charge in [-0.1, -0.05) is 32.9 Å². The fraction of sp³-hybridized carbons (Fsp3) is 0.538. The smallest absolute Gasteiger partial charge is 0.336 e. The summed E-state index contributed by atoms with van der Waals surface area (Å²) in [4.78, 5) is 23.4. The van der Waals surface area contributed by atoms with Crippen LogP contribution >= 0.6 is 0 Å². The first-order valence-electron chi connectivity index (χ1n) is 11.2. The third-order valence-electron chi connectivity index (χ3n) is 7.78. The number of rotatable bonds is 4. The largest absolute Gasteiger partial charge is 0.493 e. The average Bonchev–Trinajstić information content (AvgIpc) is 2.69. The zero-order valence-corrected chi connectivity index (χ0v) is 19.2. The summed E-state index contributed by atoms with van der Waals surface area (Å²) in [5.74, 6) is 0.311. The van der Waals surface area contributed by atoms with Crippen molar-refractivity contribution in [2.24, 2.45) is 22.7 Å². The molecule has 0 spiro atoms. The number of aliphatic hydroxyl groups excluding tert-OH is 1. The van der Waals surface area contributed by atoms with E-state index in [-0.39, 0.29) is 29.3 Å². The number of benzene rings is 1. The third kappa shape index (κ3) is 3.85. The zero-order chi connectivity index (χ0) is 23.3. The van der Waals surface area contributed by atoms with Gasteiger partial charge in [0.2, 0.25) is 0 Å². The second-order valence-electron chi connectivity index (χ2n) is 10.2. The van der Waals surface area contributed by atoms with Gasteiger partial charge < -0.3 is 19.0 Å². The van der Waals surface area contributed by atoms with Crippen LogP contribution in [0.25, 0.3) is 11.0 Å². The van der Waals surface area contributed by atoms with Gasteiger partial charge in [-0.05, 0) is 41.9 Å². The first kappa shape index (κ1) is 22.6. The van der Waals surface area contributed by atoms with Gasteiger partial charge in [0.15, 0.2) is 0 Å². The van der Waals surface area contributed by atoms with E-state index in [1.165, 1.54) is 13.0 Å². The van der Waals surface area contributed by atoms with Gasteiger partial charge in [0.25, 0.3) is 0 Å². The zero-order valence-electron chi connectivity index (χ0n) is 19.2. The van der Waals surface area contributed by atoms with Gasteiger partial charge in [0, 0.05) is 42.7 Å². The normalized spacial score (nSPS) is 31.7. The van der Waals surface area contributed by atoms with Crippen molar-refractivity contribution in [1.82, 2.24) is 0 Å². The van der Waals surface area contributed by atoms with Crippen molar-refractivity contribution in [3.05, 3.63) is 52.9 Å². The van der Waals surface area contributed by atoms with Gasteiger partial charge in [-0.3, -0.25) is 4.79 Å². The van der Waals surface area contributed by atoms with Crippen LogP contribution in [0.15, 0.2) is 51.7 Å². The molecule has 0 bridgehead atoms. The van der Waals surface area contributed by atoms with Crippen molar-refractivity contribution in [3.63, 3.8) is 0 Å². The number of carbonyl (C=O) groups is 1. The summed E-state index contributed by atoms with van der Waals surface area (Å²) in [6, 6.07) is 8.59. The lowest BCUT2D eigenvalue weighted by molar-refractivity contribution is -0.191. The number of hydrogen-bond donors (Lipinski definition) is 1. The van der Waals surface area contributed by atoms with Crippen LogP contribution in [0, 0.1) is 22.7 Å². The van der Waals surface area contributed by atoms with Crippen molar-refractivity contribution in [2.75, 3.05) is 6.61 Å². The second-order valence-corrected chi connectivity index (χ2v) is 10.2. The number of ether oxygens (including phenoxy) is 2. The van der Waals surface area contributed by atoms with Gasteiger partial charge in [0.05, 0.1) is 12.7 Å². The van der Waals surface area contributed by atoms with Crippen LogP contribution < -0.4 is 10.4 Å². The minimum absolute atomic E-state index is 0.0311. The molecule has 2 fully saturated rings. The maximum atomic E-state index is 11.8. The Morgan fingerprint density at radius 1 is 1.25 bits per heavy atom. The maximum Gasteiger partial charge on any atom is 0.336 e. The molecular weight excluding hydrogens is 408 g/mol. The molecule has 32 heavy (non-hydrogen) atoms. The molecule has 0 radical (unpaired) electrons. The number of carbonyl (C=O) groups excluding carboxylic acids is 1. The van der Waals surface area contributed by atoms with E-state index in [9.17, 15) is 14.7 Å². The standard InChI is InChI=1S/C26H32O6/c1-15-12-21(31-16(2)27)24-25(3,4)22(28)10-11-26(24,5)19(15)14-30-18-8-6-17-7-9-23(29)32-20(17)13-18/h6-9,13,19,21-22,24,28H,1,10-12,14H2,2-5H3/t19-,21-,22+,24-,26+/m1/s1. The Morgan fingerprint density at radius 3 is 2.69 bits per heavy atom. The molecule has 2 saturated carbocycles. The molecule has 0 saturated heterocycles. The molecule has 4 rings (SSSR count). The molecule has 2 aliphatic rings. The molecular formula is C26H32O6. The van der Waals surface area contributed by atoms with E-state index in [4.69, 9.17) is 13.9 Å². The Labute approximate surface area is 188 Å². The monoisotopic (exact) mass is 440 g/mol. The Kier molecular flexibility index (Phi) is 5.70. The summed E-state index contributed by atoms with van der Waals surface area (Å²) in [7, 11) is 0. The molecule has 1 aromatic carbocycles. The molecule has 1 aromatic heterocycles. The van der Waals surface area contributed by atoms with E-state index in [0.717, 1.165) is 17.4 Å². The highest BCUT2D eigenvalue weighted by Crippen LogP contribution is 2.61. The summed E-state index contributed by atoms with van der Waals surface area (Å²) in [6.45, 7) is 12.5. The summed E-state index contributed by atoms with van der Waals surface area (Å²) in [6.07, 6.45) is 1.24. The van der Waals surface area contributed by atoms with E-state index in [1.54, 1.807) is 12.1 Å². The van der Waals surface area contributed by atoms with E-state index in [2.05, 4.69) is 27.4 Å². The van der Waals surface area contributed by atoms with Gasteiger partial charge >= 0.3 is 11.6 Å². The fourth-order valence-corrected chi connectivity index (χ4v) is 6.25. The van der Waals surface area contributed by atoms with E-state index in [1.807, 2.05) is 12.1 Å². The minimum Gasteiger partial charge on any atom is -0.493 e. The molecule has 0 aliphatic heterocycles. The number of hydrogen-bond acceptors (Lipinski definition) is 6. The first-order chi connectivity index (χ1) is 15.0. The van der Waals surface area contributed by atoms with Crippen molar-refractivity contribution in [3.8, 4) is 5.75 Å². The number of fused-ring (bicyclic) bond motifs is 2. The highest BCUT2D eigenvalue weighted by Gasteiger charge is 2.60. The summed E-state index contributed by atoms with van der Waals surface area (Å²) < 4.78 is 17.2. The van der Waals surface area contributed by atoms with Crippen LogP contribution in [0.4, 0.5) is 0 Å². The molecule has 2 aromatic rings. The average molecular weight is 441 g/mol. The van der Waals surface area contributed by atoms with Crippen molar-refractivity contribution in [2.45, 2.75) is 59.2 Å². The maximum absolute atomic E-state index is 11.8. The molecule has 1 heterocycles. The van der Waals surface area contributed by atoms with E-state index < -0.39 is 17.1 Å². The minimum atomic E-state index is -0.463. The molecule has 6 heteroatoms. The third-order valence-corrected chi connectivity index (χ3v) is 7.78. The fourth-order valence-electron chi connectivity index (χ4n) is 6.25. The summed E-state index contributed by atoms with van der Waals surface area (Å²) in [5.41, 5.74) is 0.415. The molecule has 1 N–H and O–H groups in total. The van der Waals surface area contributed by atoms with Crippen LogP contribution in [-0.2, 0) is 9.53 Å². The number of aliphatic hydroxyl groups is 1. The van der Waals surface area contributed by atoms with Gasteiger partial charge in [-0.15, -0.1) is 0 Å².